The molecule has 2 rings (SSSR count). The van der Waals surface area contributed by atoms with Crippen LogP contribution in [0.4, 0.5) is 4.39 Å². The van der Waals surface area contributed by atoms with E-state index in [-0.39, 0.29) is 22.6 Å². The predicted molar refractivity (Wildman–Crippen MR) is 84.5 cm³/mol. The summed E-state index contributed by atoms with van der Waals surface area (Å²) in [6.45, 7) is 2.26. The van der Waals surface area contributed by atoms with Gasteiger partial charge < -0.3 is 9.30 Å². The van der Waals surface area contributed by atoms with Gasteiger partial charge in [-0.15, -0.1) is 11.6 Å². The van der Waals surface area contributed by atoms with Crippen LogP contribution >= 0.6 is 23.2 Å². The van der Waals surface area contributed by atoms with E-state index in [1.807, 2.05) is 0 Å². The summed E-state index contributed by atoms with van der Waals surface area (Å²) in [7, 11) is 0. The molecule has 0 saturated heterocycles. The number of benzene rings is 1. The highest BCUT2D eigenvalue weighted by molar-refractivity contribution is 6.31. The molecule has 0 bridgehead atoms. The first-order chi connectivity index (χ1) is 10.5. The second-order valence-corrected chi connectivity index (χ2v) is 5.40. The Labute approximate surface area is 136 Å². The first-order valence-electron chi connectivity index (χ1n) is 6.74. The number of pyridine rings is 1. The van der Waals surface area contributed by atoms with Crippen molar-refractivity contribution in [3.8, 4) is 0 Å². The molecule has 0 fully saturated rings. The average Bonchev–Trinajstić information content (AvgIpc) is 2.49. The Bertz CT molecular complexity index is 773. The number of hydrogen-bond donors (Lipinski definition) is 0. The van der Waals surface area contributed by atoms with Gasteiger partial charge in [0.15, 0.2) is 0 Å². The van der Waals surface area contributed by atoms with Crippen LogP contribution in [-0.4, -0.2) is 23.0 Å². The molecule has 0 saturated carbocycles. The lowest BCUT2D eigenvalue weighted by molar-refractivity contribution is 0.0524. The van der Waals surface area contributed by atoms with E-state index in [1.54, 1.807) is 11.5 Å². The molecule has 0 unspecified atom stereocenters. The minimum atomic E-state index is -0.732. The molecule has 22 heavy (non-hydrogen) atoms. The van der Waals surface area contributed by atoms with Crippen LogP contribution in [0.2, 0.25) is 5.02 Å². The number of aryl methyl sites for hydroxylation is 1. The number of fused-ring (bicyclic) bond motifs is 1. The van der Waals surface area contributed by atoms with Crippen molar-refractivity contribution >= 4 is 40.1 Å². The van der Waals surface area contributed by atoms with Crippen molar-refractivity contribution in [3.63, 3.8) is 0 Å². The van der Waals surface area contributed by atoms with Crippen LogP contribution in [0.15, 0.2) is 23.1 Å². The van der Waals surface area contributed by atoms with Gasteiger partial charge in [0.05, 0.1) is 17.1 Å². The number of aromatic nitrogens is 1. The Hall–Kier alpha value is -1.59. The van der Waals surface area contributed by atoms with Crippen LogP contribution < -0.4 is 5.43 Å². The third-order valence-electron chi connectivity index (χ3n) is 3.15. The standard InChI is InChI=1S/C15H14Cl2FNO3/c1-2-22-15(21)10-8-19(5-3-4-16)13-7-11(17)12(18)6-9(13)14(10)20/h6-8H,2-5H2,1H3. The maximum absolute atomic E-state index is 13.7. The zero-order chi connectivity index (χ0) is 16.3. The van der Waals surface area contributed by atoms with Gasteiger partial charge in [0, 0.05) is 24.0 Å². The molecule has 1 heterocycles. The van der Waals surface area contributed by atoms with E-state index in [2.05, 4.69) is 0 Å². The normalized spacial score (nSPS) is 10.9. The van der Waals surface area contributed by atoms with Crippen LogP contribution in [0, 0.1) is 5.82 Å². The minimum absolute atomic E-state index is 0.0852. The molecule has 0 aliphatic heterocycles. The van der Waals surface area contributed by atoms with Crippen LogP contribution in [0.3, 0.4) is 0 Å². The lowest BCUT2D eigenvalue weighted by atomic mass is 10.1. The van der Waals surface area contributed by atoms with Crippen molar-refractivity contribution in [1.82, 2.24) is 4.57 Å². The summed E-state index contributed by atoms with van der Waals surface area (Å²) >= 11 is 11.5. The molecular weight excluding hydrogens is 332 g/mol. The zero-order valence-corrected chi connectivity index (χ0v) is 13.4. The summed E-state index contributed by atoms with van der Waals surface area (Å²) in [5.74, 6) is -1.03. The Morgan fingerprint density at radius 2 is 2.14 bits per heavy atom. The van der Waals surface area contributed by atoms with Gasteiger partial charge in [-0.25, -0.2) is 9.18 Å². The lowest BCUT2D eigenvalue weighted by Crippen LogP contribution is -2.21. The van der Waals surface area contributed by atoms with Crippen LogP contribution in [-0.2, 0) is 11.3 Å². The van der Waals surface area contributed by atoms with Gasteiger partial charge in [-0.05, 0) is 25.5 Å². The summed E-state index contributed by atoms with van der Waals surface area (Å²) in [6, 6.07) is 2.41. The Morgan fingerprint density at radius 3 is 2.77 bits per heavy atom. The second-order valence-electron chi connectivity index (χ2n) is 4.61. The van der Waals surface area contributed by atoms with Gasteiger partial charge in [-0.3, -0.25) is 4.79 Å². The maximum Gasteiger partial charge on any atom is 0.343 e. The number of carbonyl (C=O) groups is 1. The number of rotatable bonds is 5. The summed E-state index contributed by atoms with van der Waals surface area (Å²) < 4.78 is 20.2. The van der Waals surface area contributed by atoms with Crippen LogP contribution in [0.5, 0.6) is 0 Å². The topological polar surface area (TPSA) is 48.3 Å². The summed E-state index contributed by atoms with van der Waals surface area (Å²) in [5, 5.41) is -0.00238. The fraction of sp³-hybridized carbons (Fsp3) is 0.333. The molecule has 118 valence electrons. The summed E-state index contributed by atoms with van der Waals surface area (Å²) in [4.78, 5) is 24.3. The number of alkyl halides is 1. The molecular formula is C15H14Cl2FNO3. The molecule has 0 aliphatic rings. The van der Waals surface area contributed by atoms with Crippen molar-refractivity contribution in [3.05, 3.63) is 45.0 Å². The molecule has 1 aromatic heterocycles. The number of halogens is 3. The zero-order valence-electron chi connectivity index (χ0n) is 11.9. The average molecular weight is 346 g/mol. The van der Waals surface area contributed by atoms with Crippen molar-refractivity contribution in [2.45, 2.75) is 19.9 Å². The Kier molecular flexibility index (Phi) is 5.42. The quantitative estimate of drug-likeness (QED) is 0.614. The monoisotopic (exact) mass is 345 g/mol. The van der Waals surface area contributed by atoms with E-state index >= 15 is 0 Å². The van der Waals surface area contributed by atoms with Crippen LogP contribution in [0.25, 0.3) is 10.9 Å². The Morgan fingerprint density at radius 1 is 1.41 bits per heavy atom. The van der Waals surface area contributed by atoms with Gasteiger partial charge in [0.1, 0.15) is 11.4 Å². The second kappa shape index (κ2) is 7.11. The highest BCUT2D eigenvalue weighted by Crippen LogP contribution is 2.22. The third kappa shape index (κ3) is 3.25. The predicted octanol–water partition coefficient (Wildman–Crippen LogP) is 3.60. The third-order valence-corrected chi connectivity index (χ3v) is 3.71. The lowest BCUT2D eigenvalue weighted by Gasteiger charge is -2.13. The van der Waals surface area contributed by atoms with Crippen molar-refractivity contribution in [1.29, 1.82) is 0 Å². The molecule has 1 aromatic carbocycles. The number of hydrogen-bond acceptors (Lipinski definition) is 3. The highest BCUT2D eigenvalue weighted by Gasteiger charge is 2.18. The Balaban J connectivity index is 2.73. The van der Waals surface area contributed by atoms with E-state index in [0.717, 1.165) is 6.07 Å². The minimum Gasteiger partial charge on any atom is -0.462 e. The van der Waals surface area contributed by atoms with E-state index < -0.39 is 17.2 Å². The fourth-order valence-corrected chi connectivity index (χ4v) is 2.43. The molecule has 0 atom stereocenters. The molecule has 4 nitrogen and oxygen atoms in total. The molecule has 0 N–H and O–H groups in total. The van der Waals surface area contributed by atoms with Crippen molar-refractivity contribution < 1.29 is 13.9 Å². The van der Waals surface area contributed by atoms with Gasteiger partial charge >= 0.3 is 5.97 Å². The first kappa shape index (κ1) is 16.8. The maximum atomic E-state index is 13.7. The number of esters is 1. The molecule has 0 amide bonds. The van der Waals surface area contributed by atoms with Gasteiger partial charge in [0.25, 0.3) is 0 Å². The number of ether oxygens (including phenoxy) is 1. The van der Waals surface area contributed by atoms with Crippen molar-refractivity contribution in [2.75, 3.05) is 12.5 Å². The molecule has 0 spiro atoms. The number of carbonyl (C=O) groups excluding carboxylic acids is 1. The SMILES string of the molecule is CCOC(=O)c1cn(CCCCl)c2cc(Cl)c(F)cc2c1=O. The molecule has 0 aliphatic carbocycles. The highest BCUT2D eigenvalue weighted by atomic mass is 35.5. The van der Waals surface area contributed by atoms with Crippen LogP contribution in [0.1, 0.15) is 23.7 Å². The van der Waals surface area contributed by atoms with Crippen molar-refractivity contribution in [2.24, 2.45) is 0 Å². The van der Waals surface area contributed by atoms with Gasteiger partial charge in [0.2, 0.25) is 5.43 Å². The van der Waals surface area contributed by atoms with E-state index in [1.165, 1.54) is 12.3 Å². The molecule has 0 radical (unpaired) electrons. The largest absolute Gasteiger partial charge is 0.462 e. The first-order valence-corrected chi connectivity index (χ1v) is 7.66. The molecule has 7 heteroatoms. The van der Waals surface area contributed by atoms with E-state index in [4.69, 9.17) is 27.9 Å². The van der Waals surface area contributed by atoms with E-state index in [0.29, 0.717) is 24.4 Å². The van der Waals surface area contributed by atoms with E-state index in [9.17, 15) is 14.0 Å². The number of nitrogens with zero attached hydrogens (tertiary/aromatic N) is 1. The van der Waals surface area contributed by atoms with Gasteiger partial charge in [-0.1, -0.05) is 11.6 Å². The smallest absolute Gasteiger partial charge is 0.343 e. The summed E-state index contributed by atoms with van der Waals surface area (Å²) in [6.07, 6.45) is 2.03. The van der Waals surface area contributed by atoms with Gasteiger partial charge in [-0.2, -0.15) is 0 Å². The fourth-order valence-electron chi connectivity index (χ4n) is 2.15. The summed E-state index contributed by atoms with van der Waals surface area (Å²) in [5.41, 5.74) is -0.258. The molecule has 2 aromatic rings.